The standard InChI is InChI=1S/C15H17BrFN3/c1-8(2)13-12(16)15(18-4)20-14(19-13)10-5-9(3)6-11(17)7-10/h5-8H,1-4H3,(H,18,19,20). The molecular formula is C15H17BrFN3. The largest absolute Gasteiger partial charge is 0.372 e. The van der Waals surface area contributed by atoms with E-state index in [1.165, 1.54) is 12.1 Å². The third kappa shape index (κ3) is 2.98. The average Bonchev–Trinajstić information content (AvgIpc) is 2.37. The maximum atomic E-state index is 13.6. The second-order valence-corrected chi connectivity index (χ2v) is 5.81. The van der Waals surface area contributed by atoms with Crippen molar-refractivity contribution in [3.63, 3.8) is 0 Å². The van der Waals surface area contributed by atoms with Crippen molar-refractivity contribution in [2.75, 3.05) is 12.4 Å². The second-order valence-electron chi connectivity index (χ2n) is 5.02. The summed E-state index contributed by atoms with van der Waals surface area (Å²) < 4.78 is 14.4. The average molecular weight is 338 g/mol. The lowest BCUT2D eigenvalue weighted by atomic mass is 10.1. The summed E-state index contributed by atoms with van der Waals surface area (Å²) >= 11 is 3.52. The number of rotatable bonds is 3. The molecule has 0 saturated heterocycles. The molecule has 5 heteroatoms. The van der Waals surface area contributed by atoms with Gasteiger partial charge < -0.3 is 5.32 Å². The van der Waals surface area contributed by atoms with Crippen molar-refractivity contribution < 1.29 is 4.39 Å². The third-order valence-electron chi connectivity index (χ3n) is 2.96. The first-order chi connectivity index (χ1) is 9.42. The monoisotopic (exact) mass is 337 g/mol. The lowest BCUT2D eigenvalue weighted by Crippen LogP contribution is -2.04. The molecule has 106 valence electrons. The molecule has 0 amide bonds. The summed E-state index contributed by atoms with van der Waals surface area (Å²) in [5, 5.41) is 3.04. The molecule has 0 fully saturated rings. The van der Waals surface area contributed by atoms with Crippen LogP contribution in [-0.2, 0) is 0 Å². The minimum absolute atomic E-state index is 0.243. The SMILES string of the molecule is CNc1nc(-c2cc(C)cc(F)c2)nc(C(C)C)c1Br. The van der Waals surface area contributed by atoms with E-state index >= 15 is 0 Å². The van der Waals surface area contributed by atoms with Gasteiger partial charge in [0.2, 0.25) is 0 Å². The van der Waals surface area contributed by atoms with E-state index in [-0.39, 0.29) is 11.7 Å². The van der Waals surface area contributed by atoms with Crippen LogP contribution in [0.4, 0.5) is 10.2 Å². The molecule has 0 unspecified atom stereocenters. The van der Waals surface area contributed by atoms with Gasteiger partial charge in [-0.05, 0) is 52.5 Å². The molecule has 0 spiro atoms. The maximum absolute atomic E-state index is 13.6. The van der Waals surface area contributed by atoms with Crippen LogP contribution in [0.15, 0.2) is 22.7 Å². The fourth-order valence-electron chi connectivity index (χ4n) is 2.01. The molecule has 1 aromatic heterocycles. The fraction of sp³-hybridized carbons (Fsp3) is 0.333. The molecule has 2 rings (SSSR count). The highest BCUT2D eigenvalue weighted by atomic mass is 79.9. The minimum Gasteiger partial charge on any atom is -0.372 e. The van der Waals surface area contributed by atoms with E-state index in [1.807, 2.05) is 13.0 Å². The molecule has 0 bridgehead atoms. The van der Waals surface area contributed by atoms with Crippen LogP contribution < -0.4 is 5.32 Å². The van der Waals surface area contributed by atoms with Crippen molar-refractivity contribution in [3.8, 4) is 11.4 Å². The van der Waals surface area contributed by atoms with Gasteiger partial charge in [0, 0.05) is 12.6 Å². The van der Waals surface area contributed by atoms with Gasteiger partial charge in [-0.15, -0.1) is 0 Å². The van der Waals surface area contributed by atoms with Crippen molar-refractivity contribution in [2.24, 2.45) is 0 Å². The van der Waals surface area contributed by atoms with Gasteiger partial charge in [0.15, 0.2) is 5.82 Å². The quantitative estimate of drug-likeness (QED) is 0.894. The third-order valence-corrected chi connectivity index (χ3v) is 3.74. The summed E-state index contributed by atoms with van der Waals surface area (Å²) in [5.41, 5.74) is 2.44. The summed E-state index contributed by atoms with van der Waals surface area (Å²) in [5.74, 6) is 1.21. The zero-order chi connectivity index (χ0) is 14.9. The minimum atomic E-state index is -0.274. The molecule has 3 nitrogen and oxygen atoms in total. The van der Waals surface area contributed by atoms with Gasteiger partial charge in [-0.2, -0.15) is 0 Å². The van der Waals surface area contributed by atoms with E-state index in [2.05, 4.69) is 45.1 Å². The Labute approximate surface area is 126 Å². The van der Waals surface area contributed by atoms with Gasteiger partial charge in [0.1, 0.15) is 11.6 Å². The molecule has 0 atom stereocenters. The molecule has 1 heterocycles. The number of benzene rings is 1. The van der Waals surface area contributed by atoms with Crippen LogP contribution in [0.5, 0.6) is 0 Å². The molecule has 0 aliphatic carbocycles. The predicted molar refractivity (Wildman–Crippen MR) is 83.5 cm³/mol. The Morgan fingerprint density at radius 2 is 1.90 bits per heavy atom. The number of aryl methyl sites for hydroxylation is 1. The summed E-state index contributed by atoms with van der Waals surface area (Å²) in [6.07, 6.45) is 0. The van der Waals surface area contributed by atoms with Gasteiger partial charge in [0.05, 0.1) is 10.2 Å². The van der Waals surface area contributed by atoms with Gasteiger partial charge >= 0.3 is 0 Å². The van der Waals surface area contributed by atoms with Crippen molar-refractivity contribution in [2.45, 2.75) is 26.7 Å². The maximum Gasteiger partial charge on any atom is 0.161 e. The van der Waals surface area contributed by atoms with E-state index in [0.717, 1.165) is 15.7 Å². The number of halogens is 2. The molecule has 0 radical (unpaired) electrons. The molecule has 1 N–H and O–H groups in total. The Morgan fingerprint density at radius 3 is 2.45 bits per heavy atom. The van der Waals surface area contributed by atoms with Crippen LogP contribution in [-0.4, -0.2) is 17.0 Å². The number of nitrogens with zero attached hydrogens (tertiary/aromatic N) is 2. The number of aromatic nitrogens is 2. The number of hydrogen-bond acceptors (Lipinski definition) is 3. The van der Waals surface area contributed by atoms with Gasteiger partial charge in [-0.25, -0.2) is 14.4 Å². The first-order valence-corrected chi connectivity index (χ1v) is 7.24. The zero-order valence-corrected chi connectivity index (χ0v) is 13.5. The number of hydrogen-bond donors (Lipinski definition) is 1. The Kier molecular flexibility index (Phi) is 4.38. The summed E-state index contributed by atoms with van der Waals surface area (Å²) in [7, 11) is 1.80. The zero-order valence-electron chi connectivity index (χ0n) is 12.0. The molecule has 0 aliphatic rings. The highest BCUT2D eigenvalue weighted by molar-refractivity contribution is 9.10. The van der Waals surface area contributed by atoms with E-state index in [4.69, 9.17) is 0 Å². The van der Waals surface area contributed by atoms with Crippen LogP contribution in [0, 0.1) is 12.7 Å². The summed E-state index contributed by atoms with van der Waals surface area (Å²) in [4.78, 5) is 9.02. The van der Waals surface area contributed by atoms with Crippen LogP contribution >= 0.6 is 15.9 Å². The Bertz CT molecular complexity index is 621. The van der Waals surface area contributed by atoms with Gasteiger partial charge in [-0.1, -0.05) is 13.8 Å². The van der Waals surface area contributed by atoms with Gasteiger partial charge in [0.25, 0.3) is 0 Å². The molecular weight excluding hydrogens is 321 g/mol. The topological polar surface area (TPSA) is 37.8 Å². The van der Waals surface area contributed by atoms with E-state index in [1.54, 1.807) is 7.05 Å². The van der Waals surface area contributed by atoms with E-state index in [9.17, 15) is 4.39 Å². The molecule has 1 aromatic carbocycles. The summed E-state index contributed by atoms with van der Waals surface area (Å²) in [6.45, 7) is 5.98. The molecule has 2 aromatic rings. The lowest BCUT2D eigenvalue weighted by Gasteiger charge is -2.13. The van der Waals surface area contributed by atoms with Crippen molar-refractivity contribution >= 4 is 21.7 Å². The lowest BCUT2D eigenvalue weighted by molar-refractivity contribution is 0.627. The van der Waals surface area contributed by atoms with Crippen LogP contribution in [0.3, 0.4) is 0 Å². The van der Waals surface area contributed by atoms with Crippen molar-refractivity contribution in [1.29, 1.82) is 0 Å². The Balaban J connectivity index is 2.64. The summed E-state index contributed by atoms with van der Waals surface area (Å²) in [6, 6.07) is 4.83. The van der Waals surface area contributed by atoms with Crippen LogP contribution in [0.1, 0.15) is 31.0 Å². The highest BCUT2D eigenvalue weighted by Crippen LogP contribution is 2.31. The number of anilines is 1. The van der Waals surface area contributed by atoms with Crippen LogP contribution in [0.2, 0.25) is 0 Å². The Hall–Kier alpha value is -1.49. The Morgan fingerprint density at radius 1 is 1.20 bits per heavy atom. The van der Waals surface area contributed by atoms with Crippen molar-refractivity contribution in [3.05, 3.63) is 39.7 Å². The smallest absolute Gasteiger partial charge is 0.161 e. The highest BCUT2D eigenvalue weighted by Gasteiger charge is 2.15. The molecule has 20 heavy (non-hydrogen) atoms. The normalized spacial score (nSPS) is 10.9. The second kappa shape index (κ2) is 5.87. The first kappa shape index (κ1) is 14.9. The van der Waals surface area contributed by atoms with Crippen LogP contribution in [0.25, 0.3) is 11.4 Å². The molecule has 0 aliphatic heterocycles. The van der Waals surface area contributed by atoms with Gasteiger partial charge in [-0.3, -0.25) is 0 Å². The molecule has 0 saturated carbocycles. The number of nitrogens with one attached hydrogen (secondary N) is 1. The predicted octanol–water partition coefficient (Wildman–Crippen LogP) is 4.52. The van der Waals surface area contributed by atoms with Crippen molar-refractivity contribution in [1.82, 2.24) is 9.97 Å². The first-order valence-electron chi connectivity index (χ1n) is 6.45. The van der Waals surface area contributed by atoms with E-state index < -0.39 is 0 Å². The fourth-order valence-corrected chi connectivity index (χ4v) is 2.84. The van der Waals surface area contributed by atoms with E-state index in [0.29, 0.717) is 17.2 Å².